The van der Waals surface area contributed by atoms with E-state index in [9.17, 15) is 9.59 Å². The first kappa shape index (κ1) is 11.1. The Bertz CT molecular complexity index is 558. The fourth-order valence-corrected chi connectivity index (χ4v) is 2.38. The van der Waals surface area contributed by atoms with Crippen LogP contribution in [0, 0.1) is 0 Å². The molecule has 0 amide bonds. The first-order valence-electron chi connectivity index (χ1n) is 4.28. The Morgan fingerprint density at radius 1 is 1.31 bits per heavy atom. The van der Waals surface area contributed by atoms with Crippen molar-refractivity contribution in [2.45, 2.75) is 0 Å². The highest BCUT2D eigenvalue weighted by Gasteiger charge is 2.14. The number of thiophene rings is 1. The lowest BCUT2D eigenvalue weighted by Crippen LogP contribution is -1.98. The monoisotopic (exact) mass is 299 g/mol. The predicted octanol–water partition coefficient (Wildman–Crippen LogP) is 2.77. The zero-order valence-electron chi connectivity index (χ0n) is 7.86. The molecule has 16 heavy (non-hydrogen) atoms. The average molecular weight is 300 g/mol. The number of aromatic amines is 1. The highest BCUT2D eigenvalue weighted by molar-refractivity contribution is 9.11. The fraction of sp³-hybridized carbons (Fsp3) is 0. The van der Waals surface area contributed by atoms with Gasteiger partial charge in [0.25, 0.3) is 0 Å². The molecule has 0 radical (unpaired) electrons. The van der Waals surface area contributed by atoms with Gasteiger partial charge in [-0.05, 0) is 28.1 Å². The summed E-state index contributed by atoms with van der Waals surface area (Å²) < 4.78 is 0.866. The number of carbonyl (C=O) groups is 2. The summed E-state index contributed by atoms with van der Waals surface area (Å²) in [6, 6.07) is 3.04. The third-order valence-corrected chi connectivity index (χ3v) is 3.51. The highest BCUT2D eigenvalue weighted by atomic mass is 79.9. The molecule has 0 unspecified atom stereocenters. The molecule has 6 heteroatoms. The molecule has 2 aromatic rings. The van der Waals surface area contributed by atoms with Crippen molar-refractivity contribution in [3.63, 3.8) is 0 Å². The van der Waals surface area contributed by atoms with Crippen LogP contribution in [0.5, 0.6) is 0 Å². The van der Waals surface area contributed by atoms with Gasteiger partial charge in [-0.15, -0.1) is 11.3 Å². The molecule has 2 N–H and O–H groups in total. The van der Waals surface area contributed by atoms with Crippen molar-refractivity contribution in [1.29, 1.82) is 0 Å². The summed E-state index contributed by atoms with van der Waals surface area (Å²) in [5, 5.41) is 10.4. The summed E-state index contributed by atoms with van der Waals surface area (Å²) in [7, 11) is 0. The molecule has 0 saturated carbocycles. The van der Waals surface area contributed by atoms with Gasteiger partial charge in [-0.25, -0.2) is 4.79 Å². The summed E-state index contributed by atoms with van der Waals surface area (Å²) in [6.07, 6.45) is 1.40. The van der Waals surface area contributed by atoms with Gasteiger partial charge in [0.1, 0.15) is 5.69 Å². The van der Waals surface area contributed by atoms with Gasteiger partial charge in [0.2, 0.25) is 0 Å². The second-order valence-electron chi connectivity index (χ2n) is 3.08. The zero-order chi connectivity index (χ0) is 11.7. The van der Waals surface area contributed by atoms with E-state index >= 15 is 0 Å². The number of aromatic carboxylic acids is 1. The number of H-pyrrole nitrogens is 1. The van der Waals surface area contributed by atoms with Crippen LogP contribution in [0.1, 0.15) is 26.4 Å². The van der Waals surface area contributed by atoms with Crippen molar-refractivity contribution in [2.24, 2.45) is 0 Å². The first-order chi connectivity index (χ1) is 7.58. The second kappa shape index (κ2) is 4.23. The van der Waals surface area contributed by atoms with Crippen LogP contribution in [-0.2, 0) is 0 Å². The van der Waals surface area contributed by atoms with Crippen LogP contribution in [0.15, 0.2) is 27.5 Å². The molecule has 2 heterocycles. The zero-order valence-corrected chi connectivity index (χ0v) is 10.3. The van der Waals surface area contributed by atoms with Crippen LogP contribution in [0.3, 0.4) is 0 Å². The normalized spacial score (nSPS) is 10.3. The second-order valence-corrected chi connectivity index (χ2v) is 5.37. The summed E-state index contributed by atoms with van der Waals surface area (Å²) in [6.45, 7) is 0. The molecule has 82 valence electrons. The molecule has 0 aliphatic heterocycles. The Morgan fingerprint density at radius 3 is 2.56 bits per heavy atom. The molecule has 0 aliphatic carbocycles. The van der Waals surface area contributed by atoms with E-state index < -0.39 is 5.97 Å². The fourth-order valence-electron chi connectivity index (χ4n) is 1.24. The van der Waals surface area contributed by atoms with Crippen LogP contribution < -0.4 is 0 Å². The number of ketones is 1. The predicted molar refractivity (Wildman–Crippen MR) is 63.2 cm³/mol. The number of aromatic nitrogens is 1. The van der Waals surface area contributed by atoms with Crippen LogP contribution in [0.2, 0.25) is 0 Å². The average Bonchev–Trinajstić information content (AvgIpc) is 2.84. The van der Waals surface area contributed by atoms with E-state index in [0.29, 0.717) is 11.1 Å². The van der Waals surface area contributed by atoms with Gasteiger partial charge in [-0.3, -0.25) is 4.79 Å². The van der Waals surface area contributed by atoms with Crippen molar-refractivity contribution in [1.82, 2.24) is 4.98 Å². The van der Waals surface area contributed by atoms with Crippen molar-refractivity contribution in [2.75, 3.05) is 0 Å². The molecular weight excluding hydrogens is 294 g/mol. The number of carboxylic acid groups (broad SMARTS) is 1. The van der Waals surface area contributed by atoms with Crippen molar-refractivity contribution in [3.8, 4) is 0 Å². The Balaban J connectivity index is 2.30. The SMILES string of the molecule is O=C(c1c[nH]c(C(=O)O)c1)c1csc(Br)c1. The van der Waals surface area contributed by atoms with E-state index in [1.165, 1.54) is 23.6 Å². The summed E-state index contributed by atoms with van der Waals surface area (Å²) >= 11 is 4.68. The van der Waals surface area contributed by atoms with Gasteiger partial charge in [-0.1, -0.05) is 0 Å². The topological polar surface area (TPSA) is 70.2 Å². The molecule has 0 aliphatic rings. The number of rotatable bonds is 3. The van der Waals surface area contributed by atoms with E-state index in [0.717, 1.165) is 3.79 Å². The minimum atomic E-state index is -1.08. The third-order valence-electron chi connectivity index (χ3n) is 2.01. The summed E-state index contributed by atoms with van der Waals surface area (Å²) in [4.78, 5) is 25.0. The van der Waals surface area contributed by atoms with E-state index in [1.807, 2.05) is 0 Å². The maximum atomic E-state index is 11.9. The van der Waals surface area contributed by atoms with E-state index in [4.69, 9.17) is 5.11 Å². The van der Waals surface area contributed by atoms with Gasteiger partial charge in [-0.2, -0.15) is 0 Å². The number of nitrogens with one attached hydrogen (secondary N) is 1. The third kappa shape index (κ3) is 2.07. The van der Waals surface area contributed by atoms with Gasteiger partial charge in [0.05, 0.1) is 3.79 Å². The van der Waals surface area contributed by atoms with Crippen molar-refractivity contribution in [3.05, 3.63) is 44.3 Å². The molecule has 0 spiro atoms. The Kier molecular flexibility index (Phi) is 2.93. The quantitative estimate of drug-likeness (QED) is 0.856. The lowest BCUT2D eigenvalue weighted by atomic mass is 10.1. The van der Waals surface area contributed by atoms with Crippen LogP contribution in [0.4, 0.5) is 0 Å². The molecule has 0 atom stereocenters. The molecule has 0 fully saturated rings. The van der Waals surface area contributed by atoms with E-state index in [-0.39, 0.29) is 11.5 Å². The number of hydrogen-bond donors (Lipinski definition) is 2. The Morgan fingerprint density at radius 2 is 2.06 bits per heavy atom. The van der Waals surface area contributed by atoms with E-state index in [1.54, 1.807) is 11.4 Å². The Labute approximate surface area is 103 Å². The molecule has 4 nitrogen and oxygen atoms in total. The lowest BCUT2D eigenvalue weighted by Gasteiger charge is -1.91. The molecule has 0 aromatic carbocycles. The van der Waals surface area contributed by atoms with Crippen molar-refractivity contribution < 1.29 is 14.7 Å². The first-order valence-corrected chi connectivity index (χ1v) is 5.95. The van der Waals surface area contributed by atoms with Gasteiger partial charge >= 0.3 is 5.97 Å². The minimum absolute atomic E-state index is 0.0117. The van der Waals surface area contributed by atoms with E-state index in [2.05, 4.69) is 20.9 Å². The largest absolute Gasteiger partial charge is 0.477 e. The standard InChI is InChI=1S/C10H6BrNO3S/c11-8-2-6(4-16-8)9(13)5-1-7(10(14)15)12-3-5/h1-4,12H,(H,14,15). The minimum Gasteiger partial charge on any atom is -0.477 e. The maximum Gasteiger partial charge on any atom is 0.352 e. The maximum absolute atomic E-state index is 11.9. The number of carbonyl (C=O) groups excluding carboxylic acids is 1. The molecule has 2 rings (SSSR count). The number of carboxylic acids is 1. The Hall–Kier alpha value is -1.40. The summed E-state index contributed by atoms with van der Waals surface area (Å²) in [5.41, 5.74) is 0.910. The number of halogens is 1. The van der Waals surface area contributed by atoms with Crippen LogP contribution in [0.25, 0.3) is 0 Å². The molecule has 0 bridgehead atoms. The molecular formula is C10H6BrNO3S. The smallest absolute Gasteiger partial charge is 0.352 e. The van der Waals surface area contributed by atoms with Gasteiger partial charge in [0, 0.05) is 22.7 Å². The molecule has 0 saturated heterocycles. The lowest BCUT2D eigenvalue weighted by molar-refractivity contribution is 0.0691. The van der Waals surface area contributed by atoms with Crippen LogP contribution >= 0.6 is 27.3 Å². The van der Waals surface area contributed by atoms with Gasteiger partial charge < -0.3 is 10.1 Å². The number of hydrogen-bond acceptors (Lipinski definition) is 3. The molecule has 2 aromatic heterocycles. The van der Waals surface area contributed by atoms with Gasteiger partial charge in [0.15, 0.2) is 5.78 Å². The van der Waals surface area contributed by atoms with Crippen LogP contribution in [-0.4, -0.2) is 21.8 Å². The summed E-state index contributed by atoms with van der Waals surface area (Å²) in [5.74, 6) is -1.27. The van der Waals surface area contributed by atoms with Crippen molar-refractivity contribution >= 4 is 39.0 Å². The highest BCUT2D eigenvalue weighted by Crippen LogP contribution is 2.23.